The van der Waals surface area contributed by atoms with Crippen LogP contribution >= 0.6 is 0 Å². The van der Waals surface area contributed by atoms with E-state index in [0.29, 0.717) is 0 Å². The van der Waals surface area contributed by atoms with Gasteiger partial charge in [-0.05, 0) is 25.5 Å². The molecule has 2 heterocycles. The van der Waals surface area contributed by atoms with Crippen molar-refractivity contribution in [3.8, 4) is 0 Å². The van der Waals surface area contributed by atoms with Gasteiger partial charge in [-0.1, -0.05) is 6.08 Å². The highest BCUT2D eigenvalue weighted by Crippen LogP contribution is 2.15. The summed E-state index contributed by atoms with van der Waals surface area (Å²) in [6, 6.07) is 0. The van der Waals surface area contributed by atoms with Gasteiger partial charge in [0.25, 0.3) is 0 Å². The smallest absolute Gasteiger partial charge is 0.139 e. The van der Waals surface area contributed by atoms with Gasteiger partial charge in [-0.15, -0.1) is 0 Å². The molecule has 1 unspecified atom stereocenters. The van der Waals surface area contributed by atoms with E-state index in [-0.39, 0.29) is 6.17 Å². The van der Waals surface area contributed by atoms with Crippen LogP contribution in [-0.2, 0) is 0 Å². The summed E-state index contributed by atoms with van der Waals surface area (Å²) in [5.41, 5.74) is 4.27. The van der Waals surface area contributed by atoms with E-state index in [0.717, 1.165) is 5.84 Å². The van der Waals surface area contributed by atoms with Gasteiger partial charge in [-0.2, -0.15) is 5.10 Å². The molecule has 0 spiro atoms. The highest BCUT2D eigenvalue weighted by Gasteiger charge is 2.22. The Balaban J connectivity index is 2.29. The fourth-order valence-corrected chi connectivity index (χ4v) is 1.30. The van der Waals surface area contributed by atoms with E-state index >= 15 is 0 Å². The summed E-state index contributed by atoms with van der Waals surface area (Å²) in [5.74, 6) is 1.03. The van der Waals surface area contributed by atoms with E-state index < -0.39 is 0 Å². The molecule has 1 N–H and O–H groups in total. The van der Waals surface area contributed by atoms with Gasteiger partial charge in [-0.25, -0.2) is 0 Å². The summed E-state index contributed by atoms with van der Waals surface area (Å²) < 4.78 is 0. The minimum absolute atomic E-state index is 0.249. The molecule has 3 nitrogen and oxygen atoms in total. The van der Waals surface area contributed by atoms with Crippen LogP contribution in [-0.4, -0.2) is 16.9 Å². The lowest BCUT2D eigenvalue weighted by molar-refractivity contribution is 0.440. The summed E-state index contributed by atoms with van der Waals surface area (Å²) in [7, 11) is 0. The third-order valence-electron chi connectivity index (χ3n) is 1.92. The van der Waals surface area contributed by atoms with Crippen LogP contribution in [0.3, 0.4) is 0 Å². The van der Waals surface area contributed by atoms with Crippen molar-refractivity contribution in [3.63, 3.8) is 0 Å². The molecule has 2 aliphatic heterocycles. The first kappa shape index (κ1) is 6.46. The Labute approximate surface area is 66.1 Å². The van der Waals surface area contributed by atoms with Crippen molar-refractivity contribution in [2.24, 2.45) is 5.10 Å². The summed E-state index contributed by atoms with van der Waals surface area (Å²) in [6.45, 7) is 4.08. The van der Waals surface area contributed by atoms with Crippen LogP contribution in [0.15, 0.2) is 29.0 Å². The monoisotopic (exact) mass is 149 g/mol. The highest BCUT2D eigenvalue weighted by molar-refractivity contribution is 5.82. The molecule has 0 aromatic carbocycles. The molecule has 0 amide bonds. The summed E-state index contributed by atoms with van der Waals surface area (Å²) in [5, 5.41) is 4.11. The van der Waals surface area contributed by atoms with Crippen molar-refractivity contribution in [1.29, 1.82) is 0 Å². The van der Waals surface area contributed by atoms with Crippen LogP contribution < -0.4 is 5.43 Å². The lowest BCUT2D eigenvalue weighted by Gasteiger charge is -2.23. The van der Waals surface area contributed by atoms with Crippen molar-refractivity contribution < 1.29 is 0 Å². The van der Waals surface area contributed by atoms with Crippen molar-refractivity contribution in [2.75, 3.05) is 0 Å². The van der Waals surface area contributed by atoms with E-state index in [2.05, 4.69) is 40.7 Å². The third kappa shape index (κ3) is 0.926. The highest BCUT2D eigenvalue weighted by atomic mass is 15.5. The van der Waals surface area contributed by atoms with E-state index in [1.54, 1.807) is 0 Å². The predicted molar refractivity (Wildman–Crippen MR) is 44.8 cm³/mol. The Morgan fingerprint density at radius 1 is 1.55 bits per heavy atom. The van der Waals surface area contributed by atoms with Crippen molar-refractivity contribution in [3.05, 3.63) is 23.9 Å². The van der Waals surface area contributed by atoms with Gasteiger partial charge in [0.15, 0.2) is 0 Å². The average Bonchev–Trinajstić information content (AvgIpc) is 2.33. The first-order chi connectivity index (χ1) is 5.27. The van der Waals surface area contributed by atoms with Crippen LogP contribution in [0, 0.1) is 0 Å². The van der Waals surface area contributed by atoms with Gasteiger partial charge in [0.2, 0.25) is 0 Å². The van der Waals surface area contributed by atoms with Crippen LogP contribution in [0.2, 0.25) is 0 Å². The quantitative estimate of drug-likeness (QED) is 0.557. The number of fused-ring (bicyclic) bond motifs is 1. The van der Waals surface area contributed by atoms with Crippen molar-refractivity contribution in [1.82, 2.24) is 10.3 Å². The Bertz CT molecular complexity index is 263. The topological polar surface area (TPSA) is 27.6 Å². The Morgan fingerprint density at radius 2 is 2.36 bits per heavy atom. The van der Waals surface area contributed by atoms with Gasteiger partial charge in [-0.3, -0.25) is 5.43 Å². The normalized spacial score (nSPS) is 27.5. The molecule has 0 aliphatic carbocycles. The van der Waals surface area contributed by atoms with E-state index in [4.69, 9.17) is 0 Å². The number of rotatable bonds is 0. The molecule has 3 heteroatoms. The van der Waals surface area contributed by atoms with Crippen LogP contribution in [0.1, 0.15) is 13.8 Å². The molecule has 0 radical (unpaired) electrons. The first-order valence-electron chi connectivity index (χ1n) is 3.72. The largest absolute Gasteiger partial charge is 0.309 e. The zero-order valence-electron chi connectivity index (χ0n) is 6.70. The molecule has 0 aromatic rings. The maximum Gasteiger partial charge on any atom is 0.139 e. The molecular weight excluding hydrogens is 138 g/mol. The summed E-state index contributed by atoms with van der Waals surface area (Å²) in [4.78, 5) is 2.12. The molecule has 11 heavy (non-hydrogen) atoms. The third-order valence-corrected chi connectivity index (χ3v) is 1.92. The van der Waals surface area contributed by atoms with Crippen LogP contribution in [0.5, 0.6) is 0 Å². The molecular formula is C8H11N3. The van der Waals surface area contributed by atoms with Gasteiger partial charge >= 0.3 is 0 Å². The SMILES string of the molecule is CC1=CN2C(C)=NNC2C=C1. The second-order valence-electron chi connectivity index (χ2n) is 2.87. The number of hydrazone groups is 1. The molecule has 0 saturated heterocycles. The van der Waals surface area contributed by atoms with Crippen LogP contribution in [0.4, 0.5) is 0 Å². The zero-order valence-corrected chi connectivity index (χ0v) is 6.70. The lowest BCUT2D eigenvalue weighted by Crippen LogP contribution is -2.35. The molecule has 2 rings (SSSR count). The van der Waals surface area contributed by atoms with Crippen LogP contribution in [0.25, 0.3) is 0 Å². The fourth-order valence-electron chi connectivity index (χ4n) is 1.30. The number of hydrogen-bond acceptors (Lipinski definition) is 3. The summed E-state index contributed by atoms with van der Waals surface area (Å²) >= 11 is 0. The maximum absolute atomic E-state index is 4.11. The van der Waals surface area contributed by atoms with E-state index in [9.17, 15) is 0 Å². The van der Waals surface area contributed by atoms with Gasteiger partial charge in [0.1, 0.15) is 12.0 Å². The van der Waals surface area contributed by atoms with Gasteiger partial charge in [0, 0.05) is 6.20 Å². The predicted octanol–water partition coefficient (Wildman–Crippen LogP) is 1.02. The lowest BCUT2D eigenvalue weighted by atomic mass is 10.2. The Kier molecular flexibility index (Phi) is 1.24. The molecule has 0 aromatic heterocycles. The molecule has 0 fully saturated rings. The standard InChI is InChI=1S/C8H11N3/c1-6-3-4-8-10-9-7(2)11(8)5-6/h3-5,8,10H,1-2H3. The van der Waals surface area contributed by atoms with Crippen molar-refractivity contribution in [2.45, 2.75) is 20.0 Å². The molecule has 2 aliphatic rings. The molecule has 58 valence electrons. The van der Waals surface area contributed by atoms with Gasteiger partial charge in [0.05, 0.1) is 0 Å². The minimum Gasteiger partial charge on any atom is -0.309 e. The number of allylic oxidation sites excluding steroid dienone is 2. The second-order valence-corrected chi connectivity index (χ2v) is 2.87. The number of hydrogen-bond donors (Lipinski definition) is 1. The van der Waals surface area contributed by atoms with E-state index in [1.165, 1.54) is 5.57 Å². The molecule has 0 bridgehead atoms. The first-order valence-corrected chi connectivity index (χ1v) is 3.72. The molecule has 1 atom stereocenters. The van der Waals surface area contributed by atoms with E-state index in [1.807, 2.05) is 6.92 Å². The number of nitrogens with one attached hydrogen (secondary N) is 1. The zero-order chi connectivity index (χ0) is 7.84. The number of amidine groups is 1. The maximum atomic E-state index is 4.11. The molecule has 0 saturated carbocycles. The fraction of sp³-hybridized carbons (Fsp3) is 0.375. The Morgan fingerprint density at radius 3 is 3.18 bits per heavy atom. The number of nitrogens with zero attached hydrogens (tertiary/aromatic N) is 2. The van der Waals surface area contributed by atoms with Gasteiger partial charge < -0.3 is 4.90 Å². The minimum atomic E-state index is 0.249. The Hall–Kier alpha value is -1.25. The summed E-state index contributed by atoms with van der Waals surface area (Å²) in [6.07, 6.45) is 6.56. The average molecular weight is 149 g/mol. The van der Waals surface area contributed by atoms with Crippen molar-refractivity contribution >= 4 is 5.84 Å². The second kappa shape index (κ2) is 2.12.